The van der Waals surface area contributed by atoms with Gasteiger partial charge in [-0.05, 0) is 13.8 Å². The highest BCUT2D eigenvalue weighted by Crippen LogP contribution is 2.13. The van der Waals surface area contributed by atoms with Crippen molar-refractivity contribution in [2.45, 2.75) is 20.3 Å². The number of aliphatic carboxylic acids is 1. The third kappa shape index (κ3) is 4.26. The van der Waals surface area contributed by atoms with Crippen molar-refractivity contribution in [1.29, 1.82) is 0 Å². The second-order valence-electron chi connectivity index (χ2n) is 3.50. The quantitative estimate of drug-likeness (QED) is 0.743. The molecule has 6 nitrogen and oxygen atoms in total. The smallest absolute Gasteiger partial charge is 0.305 e. The van der Waals surface area contributed by atoms with Gasteiger partial charge in [-0.15, -0.1) is 0 Å². The third-order valence-electron chi connectivity index (χ3n) is 2.39. The average Bonchev–Trinajstić information content (AvgIpc) is 2.31. The molecule has 0 saturated heterocycles. The summed E-state index contributed by atoms with van der Waals surface area (Å²) in [6.07, 6.45) is 1.56. The first-order valence-electron chi connectivity index (χ1n) is 5.70. The molecule has 0 aromatic carbocycles. The van der Waals surface area contributed by atoms with Crippen molar-refractivity contribution in [1.82, 2.24) is 9.97 Å². The van der Waals surface area contributed by atoms with E-state index in [9.17, 15) is 4.79 Å². The minimum atomic E-state index is -0.824. The zero-order chi connectivity index (χ0) is 12.7. The monoisotopic (exact) mass is 238 g/mol. The van der Waals surface area contributed by atoms with Crippen LogP contribution in [0.3, 0.4) is 0 Å². The molecule has 0 radical (unpaired) electrons. The van der Waals surface area contributed by atoms with Crippen molar-refractivity contribution in [3.8, 4) is 0 Å². The molecule has 17 heavy (non-hydrogen) atoms. The van der Waals surface area contributed by atoms with Crippen LogP contribution in [0.1, 0.15) is 20.3 Å². The molecule has 0 amide bonds. The Morgan fingerprint density at radius 3 is 2.71 bits per heavy atom. The highest BCUT2D eigenvalue weighted by atomic mass is 16.4. The molecule has 0 saturated carbocycles. The molecule has 94 valence electrons. The maximum Gasteiger partial charge on any atom is 0.305 e. The van der Waals surface area contributed by atoms with Crippen molar-refractivity contribution in [2.75, 3.05) is 29.9 Å². The molecule has 2 N–H and O–H groups in total. The number of hydrogen-bond acceptors (Lipinski definition) is 5. The first-order chi connectivity index (χ1) is 8.17. The Labute approximate surface area is 101 Å². The van der Waals surface area contributed by atoms with Crippen molar-refractivity contribution >= 4 is 17.6 Å². The molecule has 0 atom stereocenters. The fourth-order valence-electron chi connectivity index (χ4n) is 1.46. The summed E-state index contributed by atoms with van der Waals surface area (Å²) in [6.45, 7) is 6.24. The molecule has 1 rings (SSSR count). The highest BCUT2D eigenvalue weighted by molar-refractivity contribution is 5.67. The molecule has 0 aliphatic heterocycles. The van der Waals surface area contributed by atoms with Crippen LogP contribution < -0.4 is 10.2 Å². The molecule has 0 unspecified atom stereocenters. The predicted octanol–water partition coefficient (Wildman–Crippen LogP) is 1.21. The topological polar surface area (TPSA) is 78.4 Å². The van der Waals surface area contributed by atoms with E-state index >= 15 is 0 Å². The number of nitrogens with zero attached hydrogens (tertiary/aromatic N) is 3. The molecule has 0 fully saturated rings. The van der Waals surface area contributed by atoms with Gasteiger partial charge in [-0.25, -0.2) is 9.97 Å². The Balaban J connectivity index is 2.62. The van der Waals surface area contributed by atoms with E-state index in [-0.39, 0.29) is 6.42 Å². The van der Waals surface area contributed by atoms with E-state index in [1.807, 2.05) is 6.07 Å². The number of hydrogen-bond donors (Lipinski definition) is 2. The van der Waals surface area contributed by atoms with Crippen LogP contribution >= 0.6 is 0 Å². The zero-order valence-corrected chi connectivity index (χ0v) is 10.2. The van der Waals surface area contributed by atoms with Gasteiger partial charge < -0.3 is 15.3 Å². The fourth-order valence-corrected chi connectivity index (χ4v) is 1.46. The molecule has 0 aliphatic rings. The van der Waals surface area contributed by atoms with Crippen molar-refractivity contribution in [3.63, 3.8) is 0 Å². The normalized spacial score (nSPS) is 10.0. The van der Waals surface area contributed by atoms with E-state index in [2.05, 4.69) is 34.0 Å². The Morgan fingerprint density at radius 2 is 2.12 bits per heavy atom. The Hall–Kier alpha value is -1.85. The maximum atomic E-state index is 10.4. The zero-order valence-electron chi connectivity index (χ0n) is 10.2. The van der Waals surface area contributed by atoms with E-state index in [4.69, 9.17) is 5.11 Å². The van der Waals surface area contributed by atoms with Crippen molar-refractivity contribution in [2.24, 2.45) is 0 Å². The van der Waals surface area contributed by atoms with Gasteiger partial charge in [0.2, 0.25) is 0 Å². The lowest BCUT2D eigenvalue weighted by atomic mass is 10.4. The van der Waals surface area contributed by atoms with E-state index in [0.717, 1.165) is 18.9 Å². The van der Waals surface area contributed by atoms with Crippen LogP contribution in [0, 0.1) is 0 Å². The van der Waals surface area contributed by atoms with Gasteiger partial charge in [0.15, 0.2) is 0 Å². The van der Waals surface area contributed by atoms with Gasteiger partial charge >= 0.3 is 5.97 Å². The average molecular weight is 238 g/mol. The van der Waals surface area contributed by atoms with Gasteiger partial charge in [0.25, 0.3) is 0 Å². The lowest BCUT2D eigenvalue weighted by Gasteiger charge is -2.19. The van der Waals surface area contributed by atoms with Crippen LogP contribution in [-0.4, -0.2) is 40.7 Å². The second-order valence-corrected chi connectivity index (χ2v) is 3.50. The second kappa shape index (κ2) is 6.67. The van der Waals surface area contributed by atoms with E-state index < -0.39 is 5.97 Å². The van der Waals surface area contributed by atoms with Crippen LogP contribution in [0.25, 0.3) is 0 Å². The summed E-state index contributed by atoms with van der Waals surface area (Å²) in [4.78, 5) is 20.7. The van der Waals surface area contributed by atoms with Crippen LogP contribution in [0.2, 0.25) is 0 Å². The summed E-state index contributed by atoms with van der Waals surface area (Å²) in [7, 11) is 0. The van der Waals surface area contributed by atoms with Gasteiger partial charge in [-0.2, -0.15) is 0 Å². The van der Waals surface area contributed by atoms with Gasteiger partial charge in [-0.3, -0.25) is 4.79 Å². The molecule has 1 aromatic heterocycles. The van der Waals surface area contributed by atoms with Crippen LogP contribution in [0.5, 0.6) is 0 Å². The molecular weight excluding hydrogens is 220 g/mol. The number of rotatable bonds is 7. The van der Waals surface area contributed by atoms with Crippen LogP contribution in [-0.2, 0) is 4.79 Å². The van der Waals surface area contributed by atoms with Crippen LogP contribution in [0.4, 0.5) is 11.6 Å². The molecule has 0 aliphatic carbocycles. The lowest BCUT2D eigenvalue weighted by molar-refractivity contribution is -0.136. The van der Waals surface area contributed by atoms with Crippen molar-refractivity contribution in [3.05, 3.63) is 12.4 Å². The SMILES string of the molecule is CCN(CC)c1cc(NCCC(=O)O)ncn1. The van der Waals surface area contributed by atoms with E-state index in [1.54, 1.807) is 0 Å². The summed E-state index contributed by atoms with van der Waals surface area (Å²) in [5, 5.41) is 11.5. The molecule has 1 heterocycles. The predicted molar refractivity (Wildman–Crippen MR) is 66.3 cm³/mol. The standard InChI is InChI=1S/C11H18N4O2/c1-3-15(4-2)10-7-9(13-8-14-10)12-6-5-11(16)17/h7-8H,3-6H2,1-2H3,(H,16,17)(H,12,13,14). The fraction of sp³-hybridized carbons (Fsp3) is 0.545. The Bertz CT molecular complexity index is 366. The van der Waals surface area contributed by atoms with Gasteiger partial charge in [0.1, 0.15) is 18.0 Å². The summed E-state index contributed by atoms with van der Waals surface area (Å²) >= 11 is 0. The van der Waals surface area contributed by atoms with Gasteiger partial charge in [0, 0.05) is 25.7 Å². The number of nitrogens with one attached hydrogen (secondary N) is 1. The van der Waals surface area contributed by atoms with Gasteiger partial charge in [-0.1, -0.05) is 0 Å². The van der Waals surface area contributed by atoms with E-state index in [0.29, 0.717) is 12.4 Å². The summed E-state index contributed by atoms with van der Waals surface area (Å²) in [5.41, 5.74) is 0. The Morgan fingerprint density at radius 1 is 1.41 bits per heavy atom. The molecule has 6 heteroatoms. The maximum absolute atomic E-state index is 10.4. The summed E-state index contributed by atoms with van der Waals surface area (Å²) in [5.74, 6) is 0.682. The highest BCUT2D eigenvalue weighted by Gasteiger charge is 2.05. The number of anilines is 2. The number of carbonyl (C=O) groups is 1. The first kappa shape index (κ1) is 13.2. The first-order valence-corrected chi connectivity index (χ1v) is 5.70. The largest absolute Gasteiger partial charge is 0.481 e. The lowest BCUT2D eigenvalue weighted by Crippen LogP contribution is -2.23. The molecule has 1 aromatic rings. The van der Waals surface area contributed by atoms with Crippen molar-refractivity contribution < 1.29 is 9.90 Å². The molecule has 0 bridgehead atoms. The minimum absolute atomic E-state index is 0.0740. The van der Waals surface area contributed by atoms with Crippen LogP contribution in [0.15, 0.2) is 12.4 Å². The Kier molecular flexibility index (Phi) is 5.19. The van der Waals surface area contributed by atoms with E-state index in [1.165, 1.54) is 6.33 Å². The van der Waals surface area contributed by atoms with Gasteiger partial charge in [0.05, 0.1) is 6.42 Å². The minimum Gasteiger partial charge on any atom is -0.481 e. The molecular formula is C11H18N4O2. The summed E-state index contributed by atoms with van der Waals surface area (Å²) < 4.78 is 0. The number of carboxylic acids is 1. The molecule has 0 spiro atoms. The number of carboxylic acid groups (broad SMARTS) is 1. The third-order valence-corrected chi connectivity index (χ3v) is 2.39. The number of aromatic nitrogens is 2. The summed E-state index contributed by atoms with van der Waals surface area (Å²) in [6, 6.07) is 1.83.